The Morgan fingerprint density at radius 2 is 1.64 bits per heavy atom. The zero-order valence-corrected chi connectivity index (χ0v) is 18.5. The summed E-state index contributed by atoms with van der Waals surface area (Å²) in [5, 5.41) is 14.4. The molecule has 33 heavy (non-hydrogen) atoms. The Morgan fingerprint density at radius 1 is 0.939 bits per heavy atom. The van der Waals surface area contributed by atoms with Crippen molar-refractivity contribution in [3.05, 3.63) is 90.2 Å². The van der Waals surface area contributed by atoms with Crippen LogP contribution in [0.1, 0.15) is 10.4 Å². The van der Waals surface area contributed by atoms with E-state index in [-0.39, 0.29) is 23.4 Å². The zero-order valence-electron chi connectivity index (χ0n) is 17.7. The highest BCUT2D eigenvalue weighted by Gasteiger charge is 2.18. The van der Waals surface area contributed by atoms with Crippen molar-refractivity contribution in [2.24, 2.45) is 0 Å². The second kappa shape index (κ2) is 10.1. The molecule has 0 radical (unpaired) electrons. The maximum Gasteiger partial charge on any atom is 0.253 e. The van der Waals surface area contributed by atoms with E-state index in [1.54, 1.807) is 36.4 Å². The van der Waals surface area contributed by atoms with Gasteiger partial charge in [0.1, 0.15) is 5.82 Å². The summed E-state index contributed by atoms with van der Waals surface area (Å²) in [6.45, 7) is 0. The van der Waals surface area contributed by atoms with Crippen LogP contribution in [0.2, 0.25) is 0 Å². The standard InChI is InChI=1S/C24H20FN5O2S/c1-26-23(32)19-9-5-6-10-20(19)27-21(31)15-33-24-29-28-22(16-11-13-17(25)14-12-16)30(24)18-7-3-2-4-8-18/h2-14H,15H2,1H3,(H,26,32)(H,27,31). The molecule has 4 aromatic rings. The number of hydrogen-bond donors (Lipinski definition) is 2. The van der Waals surface area contributed by atoms with Crippen molar-refractivity contribution in [2.75, 3.05) is 18.1 Å². The molecule has 0 unspecified atom stereocenters. The summed E-state index contributed by atoms with van der Waals surface area (Å²) < 4.78 is 15.2. The van der Waals surface area contributed by atoms with Crippen molar-refractivity contribution in [2.45, 2.75) is 5.16 Å². The maximum atomic E-state index is 13.4. The van der Waals surface area contributed by atoms with E-state index in [0.29, 0.717) is 27.8 Å². The number of benzene rings is 3. The fourth-order valence-electron chi connectivity index (χ4n) is 3.20. The Balaban J connectivity index is 1.57. The lowest BCUT2D eigenvalue weighted by Crippen LogP contribution is -2.22. The van der Waals surface area contributed by atoms with Gasteiger partial charge in [0.25, 0.3) is 5.91 Å². The minimum Gasteiger partial charge on any atom is -0.355 e. The fourth-order valence-corrected chi connectivity index (χ4v) is 3.95. The Morgan fingerprint density at radius 3 is 2.36 bits per heavy atom. The van der Waals surface area contributed by atoms with Crippen LogP contribution >= 0.6 is 11.8 Å². The molecule has 1 heterocycles. The molecule has 0 aliphatic carbocycles. The molecule has 3 aromatic carbocycles. The molecule has 7 nitrogen and oxygen atoms in total. The van der Waals surface area contributed by atoms with Crippen molar-refractivity contribution in [1.82, 2.24) is 20.1 Å². The predicted molar refractivity (Wildman–Crippen MR) is 126 cm³/mol. The summed E-state index contributed by atoms with van der Waals surface area (Å²) in [5.74, 6) is -0.327. The lowest BCUT2D eigenvalue weighted by atomic mass is 10.1. The second-order valence-electron chi connectivity index (χ2n) is 6.95. The molecule has 166 valence electrons. The Kier molecular flexibility index (Phi) is 6.80. The number of rotatable bonds is 7. The molecular weight excluding hydrogens is 441 g/mol. The minimum atomic E-state index is -0.340. The second-order valence-corrected chi connectivity index (χ2v) is 7.89. The molecule has 0 aliphatic heterocycles. The molecule has 2 amide bonds. The molecule has 0 atom stereocenters. The van der Waals surface area contributed by atoms with Crippen LogP contribution in [0.3, 0.4) is 0 Å². The van der Waals surface area contributed by atoms with Crippen molar-refractivity contribution in [1.29, 1.82) is 0 Å². The quantitative estimate of drug-likeness (QED) is 0.404. The van der Waals surface area contributed by atoms with Crippen molar-refractivity contribution < 1.29 is 14.0 Å². The molecule has 0 saturated heterocycles. The smallest absolute Gasteiger partial charge is 0.253 e. The van der Waals surface area contributed by atoms with E-state index in [9.17, 15) is 14.0 Å². The van der Waals surface area contributed by atoms with Crippen LogP contribution in [0, 0.1) is 5.82 Å². The third-order valence-electron chi connectivity index (χ3n) is 4.76. The molecule has 1 aromatic heterocycles. The average molecular weight is 462 g/mol. The van der Waals surface area contributed by atoms with Gasteiger partial charge in [-0.1, -0.05) is 42.1 Å². The number of nitrogens with zero attached hydrogens (tertiary/aromatic N) is 3. The van der Waals surface area contributed by atoms with E-state index < -0.39 is 0 Å². The number of carbonyl (C=O) groups is 2. The summed E-state index contributed by atoms with van der Waals surface area (Å²) in [6, 6.07) is 22.3. The highest BCUT2D eigenvalue weighted by Crippen LogP contribution is 2.28. The summed E-state index contributed by atoms with van der Waals surface area (Å²) in [5.41, 5.74) is 2.32. The molecule has 0 saturated carbocycles. The number of carbonyl (C=O) groups excluding carboxylic acids is 2. The summed E-state index contributed by atoms with van der Waals surface area (Å²) in [7, 11) is 1.53. The van der Waals surface area contributed by atoms with E-state index in [1.807, 2.05) is 34.9 Å². The number of hydrogen-bond acceptors (Lipinski definition) is 5. The molecule has 4 rings (SSSR count). The first-order valence-corrected chi connectivity index (χ1v) is 11.1. The number of thioether (sulfide) groups is 1. The van der Waals surface area contributed by atoms with Gasteiger partial charge in [0.05, 0.1) is 17.0 Å². The van der Waals surface area contributed by atoms with Gasteiger partial charge in [0.2, 0.25) is 5.91 Å². The highest BCUT2D eigenvalue weighted by molar-refractivity contribution is 7.99. The molecule has 0 spiro atoms. The Bertz CT molecular complexity index is 1280. The van der Waals surface area contributed by atoms with Crippen LogP contribution in [0.4, 0.5) is 10.1 Å². The van der Waals surface area contributed by atoms with Crippen LogP contribution in [-0.4, -0.2) is 39.4 Å². The summed E-state index contributed by atoms with van der Waals surface area (Å²) in [6.07, 6.45) is 0. The van der Waals surface area contributed by atoms with E-state index in [1.165, 1.54) is 30.9 Å². The molecule has 0 aliphatic rings. The van der Waals surface area contributed by atoms with E-state index in [4.69, 9.17) is 0 Å². The minimum absolute atomic E-state index is 0.0520. The van der Waals surface area contributed by atoms with Gasteiger partial charge in [-0.2, -0.15) is 0 Å². The number of para-hydroxylation sites is 2. The number of anilines is 1. The SMILES string of the molecule is CNC(=O)c1ccccc1NC(=O)CSc1nnc(-c2ccc(F)cc2)n1-c1ccccc1. The van der Waals surface area contributed by atoms with Gasteiger partial charge in [-0.05, 0) is 48.5 Å². The van der Waals surface area contributed by atoms with Gasteiger partial charge in [-0.3, -0.25) is 14.2 Å². The lowest BCUT2D eigenvalue weighted by molar-refractivity contribution is -0.113. The first kappa shape index (κ1) is 22.2. The monoisotopic (exact) mass is 461 g/mol. The molecule has 9 heteroatoms. The average Bonchev–Trinajstić information content (AvgIpc) is 3.27. The van der Waals surface area contributed by atoms with Crippen LogP contribution in [0.15, 0.2) is 84.0 Å². The third kappa shape index (κ3) is 5.09. The molecular formula is C24H20FN5O2S. The first-order chi connectivity index (χ1) is 16.1. The van der Waals surface area contributed by atoms with E-state index >= 15 is 0 Å². The molecule has 0 fully saturated rings. The zero-order chi connectivity index (χ0) is 23.2. The lowest BCUT2D eigenvalue weighted by Gasteiger charge is -2.11. The van der Waals surface area contributed by atoms with Crippen LogP contribution in [0.5, 0.6) is 0 Å². The van der Waals surface area contributed by atoms with E-state index in [2.05, 4.69) is 20.8 Å². The van der Waals surface area contributed by atoms with Crippen molar-refractivity contribution in [3.8, 4) is 17.1 Å². The van der Waals surface area contributed by atoms with Gasteiger partial charge < -0.3 is 10.6 Å². The normalized spacial score (nSPS) is 10.6. The van der Waals surface area contributed by atoms with Crippen LogP contribution < -0.4 is 10.6 Å². The van der Waals surface area contributed by atoms with Crippen molar-refractivity contribution >= 4 is 29.3 Å². The number of aromatic nitrogens is 3. The van der Waals surface area contributed by atoms with Gasteiger partial charge in [0, 0.05) is 18.3 Å². The third-order valence-corrected chi connectivity index (χ3v) is 5.68. The first-order valence-electron chi connectivity index (χ1n) is 10.1. The van der Waals surface area contributed by atoms with Gasteiger partial charge in [0.15, 0.2) is 11.0 Å². The van der Waals surface area contributed by atoms with Gasteiger partial charge in [-0.15, -0.1) is 10.2 Å². The highest BCUT2D eigenvalue weighted by atomic mass is 32.2. The predicted octanol–water partition coefficient (Wildman–Crippen LogP) is 4.16. The topological polar surface area (TPSA) is 88.9 Å². The van der Waals surface area contributed by atoms with Gasteiger partial charge >= 0.3 is 0 Å². The van der Waals surface area contributed by atoms with Crippen molar-refractivity contribution in [3.63, 3.8) is 0 Å². The van der Waals surface area contributed by atoms with Crippen LogP contribution in [-0.2, 0) is 4.79 Å². The van der Waals surface area contributed by atoms with Crippen LogP contribution in [0.25, 0.3) is 17.1 Å². The Hall–Kier alpha value is -3.98. The van der Waals surface area contributed by atoms with E-state index in [0.717, 1.165) is 5.69 Å². The number of amides is 2. The maximum absolute atomic E-state index is 13.4. The summed E-state index contributed by atoms with van der Waals surface area (Å²) in [4.78, 5) is 24.7. The van der Waals surface area contributed by atoms with Gasteiger partial charge in [-0.25, -0.2) is 4.39 Å². The molecule has 2 N–H and O–H groups in total. The number of nitrogens with one attached hydrogen (secondary N) is 2. The summed E-state index contributed by atoms with van der Waals surface area (Å²) >= 11 is 1.21. The fraction of sp³-hybridized carbons (Fsp3) is 0.0833. The Labute approximate surface area is 194 Å². The molecule has 0 bridgehead atoms. The number of halogens is 1. The largest absolute Gasteiger partial charge is 0.355 e.